The van der Waals surface area contributed by atoms with Gasteiger partial charge in [0.2, 0.25) is 11.8 Å². The number of hydrogen-bond acceptors (Lipinski definition) is 4. The Morgan fingerprint density at radius 1 is 1.39 bits per heavy atom. The highest BCUT2D eigenvalue weighted by molar-refractivity contribution is 7.99. The Hall–Kier alpha value is -1.53. The van der Waals surface area contributed by atoms with Gasteiger partial charge in [0.15, 0.2) is 0 Å². The zero-order chi connectivity index (χ0) is 16.2. The molecule has 1 aromatic rings. The molecule has 2 amide bonds. The molecular formula is C17H23N3O2S. The predicted octanol–water partition coefficient (Wildman–Crippen LogP) is 1.95. The van der Waals surface area contributed by atoms with Crippen molar-refractivity contribution in [3.63, 3.8) is 0 Å². The van der Waals surface area contributed by atoms with Gasteiger partial charge in [-0.3, -0.25) is 9.59 Å². The van der Waals surface area contributed by atoms with Crippen LogP contribution in [-0.4, -0.2) is 48.6 Å². The van der Waals surface area contributed by atoms with E-state index in [2.05, 4.69) is 10.6 Å². The van der Waals surface area contributed by atoms with Crippen LogP contribution in [0.3, 0.4) is 0 Å². The number of para-hydroxylation sites is 1. The Kier molecular flexibility index (Phi) is 5.23. The summed E-state index contributed by atoms with van der Waals surface area (Å²) in [4.78, 5) is 27.6. The summed E-state index contributed by atoms with van der Waals surface area (Å²) in [7, 11) is 1.83. The number of likely N-dealkylation sites (N-methyl/N-ethyl adjacent to an activating group) is 1. The number of nitrogens with zero attached hydrogens (tertiary/aromatic N) is 1. The molecule has 2 aliphatic heterocycles. The van der Waals surface area contributed by atoms with E-state index in [4.69, 9.17) is 0 Å². The van der Waals surface area contributed by atoms with Crippen LogP contribution in [0.4, 0.5) is 5.69 Å². The molecule has 5 nitrogen and oxygen atoms in total. The van der Waals surface area contributed by atoms with Crippen LogP contribution < -0.4 is 10.6 Å². The van der Waals surface area contributed by atoms with E-state index in [0.717, 1.165) is 30.1 Å². The highest BCUT2D eigenvalue weighted by atomic mass is 32.2. The summed E-state index contributed by atoms with van der Waals surface area (Å²) in [6.07, 6.45) is 2.56. The lowest BCUT2D eigenvalue weighted by molar-refractivity contribution is -0.133. The van der Waals surface area contributed by atoms with Gasteiger partial charge in [0.25, 0.3) is 0 Å². The SMILES string of the molecule is CN(C[C@@H]1CCCN1)C(=O)CC1CSc2ccccc2NC1=O. The van der Waals surface area contributed by atoms with Gasteiger partial charge in [0.1, 0.15) is 0 Å². The molecule has 6 heteroatoms. The second-order valence-electron chi connectivity index (χ2n) is 6.26. The zero-order valence-electron chi connectivity index (χ0n) is 13.4. The number of benzene rings is 1. The Balaban J connectivity index is 1.57. The highest BCUT2D eigenvalue weighted by Crippen LogP contribution is 2.33. The summed E-state index contributed by atoms with van der Waals surface area (Å²) in [5.41, 5.74) is 0.848. The molecule has 0 saturated carbocycles. The third-order valence-electron chi connectivity index (χ3n) is 4.46. The molecule has 0 bridgehead atoms. The number of fused-ring (bicyclic) bond motifs is 1. The van der Waals surface area contributed by atoms with Gasteiger partial charge in [-0.05, 0) is 31.5 Å². The van der Waals surface area contributed by atoms with Gasteiger partial charge in [-0.2, -0.15) is 0 Å². The van der Waals surface area contributed by atoms with Crippen molar-refractivity contribution in [1.82, 2.24) is 10.2 Å². The number of carbonyl (C=O) groups excluding carboxylic acids is 2. The average Bonchev–Trinajstić information content (AvgIpc) is 2.99. The average molecular weight is 333 g/mol. The largest absolute Gasteiger partial charge is 0.344 e. The van der Waals surface area contributed by atoms with E-state index < -0.39 is 0 Å². The molecule has 2 heterocycles. The summed E-state index contributed by atoms with van der Waals surface area (Å²) < 4.78 is 0. The quantitative estimate of drug-likeness (QED) is 0.884. The van der Waals surface area contributed by atoms with Crippen molar-refractivity contribution in [2.75, 3.05) is 31.2 Å². The van der Waals surface area contributed by atoms with Crippen LogP contribution in [0, 0.1) is 5.92 Å². The molecule has 23 heavy (non-hydrogen) atoms. The van der Waals surface area contributed by atoms with Gasteiger partial charge in [0, 0.05) is 36.7 Å². The van der Waals surface area contributed by atoms with E-state index >= 15 is 0 Å². The second-order valence-corrected chi connectivity index (χ2v) is 7.33. The van der Waals surface area contributed by atoms with E-state index in [1.165, 1.54) is 6.42 Å². The van der Waals surface area contributed by atoms with Crippen LogP contribution in [0.15, 0.2) is 29.2 Å². The molecule has 1 aromatic carbocycles. The van der Waals surface area contributed by atoms with Crippen molar-refractivity contribution in [2.45, 2.75) is 30.2 Å². The molecule has 1 fully saturated rings. The molecular weight excluding hydrogens is 310 g/mol. The van der Waals surface area contributed by atoms with Crippen LogP contribution in [0.5, 0.6) is 0 Å². The number of carbonyl (C=O) groups is 2. The summed E-state index contributed by atoms with van der Waals surface area (Å²) >= 11 is 1.64. The maximum Gasteiger partial charge on any atom is 0.228 e. The Morgan fingerprint density at radius 2 is 2.22 bits per heavy atom. The first-order valence-corrected chi connectivity index (χ1v) is 9.12. The van der Waals surface area contributed by atoms with E-state index in [1.54, 1.807) is 16.7 Å². The van der Waals surface area contributed by atoms with E-state index in [9.17, 15) is 9.59 Å². The summed E-state index contributed by atoms with van der Waals surface area (Å²) in [6.45, 7) is 1.76. The van der Waals surface area contributed by atoms with Crippen molar-refractivity contribution in [3.05, 3.63) is 24.3 Å². The monoisotopic (exact) mass is 333 g/mol. The minimum Gasteiger partial charge on any atom is -0.344 e. The van der Waals surface area contributed by atoms with Crippen LogP contribution in [0.1, 0.15) is 19.3 Å². The smallest absolute Gasteiger partial charge is 0.228 e. The minimum absolute atomic E-state index is 0.0467. The Labute approximate surface area is 141 Å². The minimum atomic E-state index is -0.279. The molecule has 0 aliphatic carbocycles. The first-order valence-electron chi connectivity index (χ1n) is 8.13. The van der Waals surface area contributed by atoms with Crippen LogP contribution in [0.25, 0.3) is 0 Å². The van der Waals surface area contributed by atoms with Crippen molar-refractivity contribution < 1.29 is 9.59 Å². The van der Waals surface area contributed by atoms with Crippen molar-refractivity contribution in [2.24, 2.45) is 5.92 Å². The summed E-state index contributed by atoms with van der Waals surface area (Å²) in [6, 6.07) is 8.18. The van der Waals surface area contributed by atoms with E-state index in [-0.39, 0.29) is 24.2 Å². The van der Waals surface area contributed by atoms with Crippen LogP contribution in [0.2, 0.25) is 0 Å². The molecule has 1 unspecified atom stereocenters. The fourth-order valence-corrected chi connectivity index (χ4v) is 4.16. The maximum atomic E-state index is 12.4. The highest BCUT2D eigenvalue weighted by Gasteiger charge is 2.28. The number of anilines is 1. The van der Waals surface area contributed by atoms with Gasteiger partial charge in [0.05, 0.1) is 11.6 Å². The number of amides is 2. The molecule has 2 N–H and O–H groups in total. The molecule has 0 radical (unpaired) electrons. The van der Waals surface area contributed by atoms with Crippen LogP contribution in [-0.2, 0) is 9.59 Å². The van der Waals surface area contributed by atoms with Crippen molar-refractivity contribution in [1.29, 1.82) is 0 Å². The van der Waals surface area contributed by atoms with E-state index in [1.807, 2.05) is 31.3 Å². The lowest BCUT2D eigenvalue weighted by Gasteiger charge is -2.23. The molecule has 124 valence electrons. The lowest BCUT2D eigenvalue weighted by Crippen LogP contribution is -2.40. The molecule has 2 aliphatic rings. The topological polar surface area (TPSA) is 61.4 Å². The summed E-state index contributed by atoms with van der Waals surface area (Å²) in [5.74, 6) is 0.358. The number of hydrogen-bond donors (Lipinski definition) is 2. The third-order valence-corrected chi connectivity index (χ3v) is 5.70. The maximum absolute atomic E-state index is 12.4. The fourth-order valence-electron chi connectivity index (χ4n) is 3.06. The van der Waals surface area contributed by atoms with Gasteiger partial charge >= 0.3 is 0 Å². The molecule has 3 rings (SSSR count). The van der Waals surface area contributed by atoms with Gasteiger partial charge in [-0.1, -0.05) is 12.1 Å². The standard InChI is InChI=1S/C17H23N3O2S/c1-20(10-13-5-4-8-18-13)16(21)9-12-11-23-15-7-3-2-6-14(15)19-17(12)22/h2-3,6-7,12-13,18H,4-5,8-11H2,1H3,(H,19,22)/t12?,13-/m0/s1. The number of nitrogens with one attached hydrogen (secondary N) is 2. The molecule has 0 aromatic heterocycles. The van der Waals surface area contributed by atoms with E-state index in [0.29, 0.717) is 11.8 Å². The Morgan fingerprint density at radius 3 is 3.00 bits per heavy atom. The normalized spacial score (nSPS) is 23.8. The predicted molar refractivity (Wildman–Crippen MR) is 92.6 cm³/mol. The zero-order valence-corrected chi connectivity index (χ0v) is 14.2. The number of thioether (sulfide) groups is 1. The van der Waals surface area contributed by atoms with Gasteiger partial charge < -0.3 is 15.5 Å². The molecule has 0 spiro atoms. The molecule has 2 atom stereocenters. The Bertz CT molecular complexity index is 587. The third kappa shape index (κ3) is 4.06. The fraction of sp³-hybridized carbons (Fsp3) is 0.529. The van der Waals surface area contributed by atoms with Gasteiger partial charge in [-0.15, -0.1) is 11.8 Å². The van der Waals surface area contributed by atoms with Gasteiger partial charge in [-0.25, -0.2) is 0 Å². The summed E-state index contributed by atoms with van der Waals surface area (Å²) in [5, 5.41) is 6.35. The second kappa shape index (κ2) is 7.36. The van der Waals surface area contributed by atoms with Crippen LogP contribution >= 0.6 is 11.8 Å². The molecule has 1 saturated heterocycles. The first kappa shape index (κ1) is 16.3. The number of rotatable bonds is 4. The first-order chi connectivity index (χ1) is 11.1. The van der Waals surface area contributed by atoms with Crippen molar-refractivity contribution >= 4 is 29.3 Å². The lowest BCUT2D eigenvalue weighted by atomic mass is 10.1. The van der Waals surface area contributed by atoms with Crippen molar-refractivity contribution in [3.8, 4) is 0 Å².